The summed E-state index contributed by atoms with van der Waals surface area (Å²) in [4.78, 5) is 6.34. The van der Waals surface area contributed by atoms with Gasteiger partial charge in [0.05, 0.1) is 5.56 Å². The van der Waals surface area contributed by atoms with E-state index in [-0.39, 0.29) is 6.04 Å². The molecular formula is C21H21F3N2. The highest BCUT2D eigenvalue weighted by Crippen LogP contribution is 2.39. The van der Waals surface area contributed by atoms with Crippen molar-refractivity contribution in [3.8, 4) is 0 Å². The normalized spacial score (nSPS) is 23.6. The highest BCUT2D eigenvalue weighted by molar-refractivity contribution is 5.67. The zero-order chi connectivity index (χ0) is 18.1. The van der Waals surface area contributed by atoms with E-state index in [2.05, 4.69) is 28.1 Å². The average molecular weight is 358 g/mol. The van der Waals surface area contributed by atoms with Crippen LogP contribution in [0.4, 0.5) is 13.2 Å². The van der Waals surface area contributed by atoms with E-state index in [0.717, 1.165) is 37.6 Å². The second kappa shape index (κ2) is 6.88. The summed E-state index contributed by atoms with van der Waals surface area (Å²) in [6, 6.07) is 12.3. The summed E-state index contributed by atoms with van der Waals surface area (Å²) in [5, 5.41) is 0. The minimum atomic E-state index is -4.35. The highest BCUT2D eigenvalue weighted by atomic mass is 19.4. The molecule has 2 aromatic rings. The Labute approximate surface area is 151 Å². The number of aromatic nitrogens is 1. The smallest absolute Gasteiger partial charge is 0.289 e. The fourth-order valence-corrected chi connectivity index (χ4v) is 4.14. The Hall–Kier alpha value is -2.14. The highest BCUT2D eigenvalue weighted by Gasteiger charge is 2.35. The predicted octanol–water partition coefficient (Wildman–Crippen LogP) is 5.31. The van der Waals surface area contributed by atoms with Crippen molar-refractivity contribution in [1.29, 1.82) is 0 Å². The summed E-state index contributed by atoms with van der Waals surface area (Å²) in [6.45, 7) is 0.890. The number of nitrogens with zero attached hydrogens (tertiary/aromatic N) is 2. The van der Waals surface area contributed by atoms with Crippen LogP contribution in [0.15, 0.2) is 54.9 Å². The Bertz CT molecular complexity index is 798. The topological polar surface area (TPSA) is 16.1 Å². The lowest BCUT2D eigenvalue weighted by atomic mass is 9.82. The van der Waals surface area contributed by atoms with Crippen molar-refractivity contribution >= 4 is 5.57 Å². The zero-order valence-electron chi connectivity index (χ0n) is 14.4. The van der Waals surface area contributed by atoms with Crippen LogP contribution in [0.2, 0.25) is 0 Å². The van der Waals surface area contributed by atoms with Gasteiger partial charge in [0, 0.05) is 31.0 Å². The molecule has 3 heterocycles. The SMILES string of the molecule is FC(F)(F)c1cncc(C2=CC3CCCC(C2)N3Cc2ccccc2)c1. The van der Waals surface area contributed by atoms with Crippen LogP contribution in [0, 0.1) is 0 Å². The summed E-state index contributed by atoms with van der Waals surface area (Å²) in [6.07, 6.45) is 4.37. The first kappa shape index (κ1) is 17.3. The van der Waals surface area contributed by atoms with E-state index in [0.29, 0.717) is 11.6 Å². The van der Waals surface area contributed by atoms with Crippen molar-refractivity contribution in [3.05, 3.63) is 71.6 Å². The number of halogens is 3. The van der Waals surface area contributed by atoms with Crippen molar-refractivity contribution < 1.29 is 13.2 Å². The second-order valence-corrected chi connectivity index (χ2v) is 7.17. The van der Waals surface area contributed by atoms with Gasteiger partial charge in [-0.1, -0.05) is 42.8 Å². The molecule has 0 spiro atoms. The first-order valence-corrected chi connectivity index (χ1v) is 9.04. The van der Waals surface area contributed by atoms with Crippen molar-refractivity contribution in [2.45, 2.75) is 50.5 Å². The maximum absolute atomic E-state index is 13.0. The van der Waals surface area contributed by atoms with Crippen LogP contribution in [0.25, 0.3) is 5.57 Å². The maximum Gasteiger partial charge on any atom is 0.417 e. The van der Waals surface area contributed by atoms with E-state index < -0.39 is 11.7 Å². The van der Waals surface area contributed by atoms with Crippen LogP contribution in [-0.4, -0.2) is 22.0 Å². The minimum absolute atomic E-state index is 0.284. The van der Waals surface area contributed by atoms with Crippen LogP contribution < -0.4 is 0 Å². The molecule has 26 heavy (non-hydrogen) atoms. The summed E-state index contributed by atoms with van der Waals surface area (Å²) < 4.78 is 39.0. The molecule has 2 unspecified atom stereocenters. The molecule has 1 aromatic heterocycles. The first-order valence-electron chi connectivity index (χ1n) is 9.04. The van der Waals surface area contributed by atoms with Crippen molar-refractivity contribution in [2.75, 3.05) is 0 Å². The van der Waals surface area contributed by atoms with Gasteiger partial charge in [0.2, 0.25) is 0 Å². The van der Waals surface area contributed by atoms with E-state index in [4.69, 9.17) is 0 Å². The Morgan fingerprint density at radius 1 is 1.08 bits per heavy atom. The monoisotopic (exact) mass is 358 g/mol. The summed E-state index contributed by atoms with van der Waals surface area (Å²) in [5.41, 5.74) is 2.22. The van der Waals surface area contributed by atoms with Crippen molar-refractivity contribution in [3.63, 3.8) is 0 Å². The van der Waals surface area contributed by atoms with Gasteiger partial charge in [-0.3, -0.25) is 9.88 Å². The summed E-state index contributed by atoms with van der Waals surface area (Å²) >= 11 is 0. The molecule has 2 nitrogen and oxygen atoms in total. The molecule has 5 heteroatoms. The predicted molar refractivity (Wildman–Crippen MR) is 95.2 cm³/mol. The molecule has 1 aromatic carbocycles. The fourth-order valence-electron chi connectivity index (χ4n) is 4.14. The van der Waals surface area contributed by atoms with Crippen LogP contribution >= 0.6 is 0 Å². The molecule has 0 aliphatic carbocycles. The molecule has 4 rings (SSSR count). The van der Waals surface area contributed by atoms with Crippen molar-refractivity contribution in [2.24, 2.45) is 0 Å². The second-order valence-electron chi connectivity index (χ2n) is 7.17. The summed E-state index contributed by atoms with van der Waals surface area (Å²) in [5.74, 6) is 0. The van der Waals surface area contributed by atoms with Gasteiger partial charge in [-0.05, 0) is 42.0 Å². The lowest BCUT2D eigenvalue weighted by Gasteiger charge is -2.45. The molecule has 1 saturated heterocycles. The van der Waals surface area contributed by atoms with Gasteiger partial charge < -0.3 is 0 Å². The number of rotatable bonds is 3. The third-order valence-electron chi connectivity index (χ3n) is 5.43. The van der Waals surface area contributed by atoms with Gasteiger partial charge >= 0.3 is 6.18 Å². The third-order valence-corrected chi connectivity index (χ3v) is 5.43. The molecule has 2 aliphatic rings. The summed E-state index contributed by atoms with van der Waals surface area (Å²) in [7, 11) is 0. The van der Waals surface area contributed by atoms with E-state index in [1.807, 2.05) is 18.2 Å². The van der Waals surface area contributed by atoms with E-state index in [9.17, 15) is 13.2 Å². The van der Waals surface area contributed by atoms with Gasteiger partial charge in [0.25, 0.3) is 0 Å². The Balaban J connectivity index is 1.61. The number of hydrogen-bond donors (Lipinski definition) is 0. The number of benzene rings is 1. The van der Waals surface area contributed by atoms with Crippen LogP contribution in [0.3, 0.4) is 0 Å². The number of pyridine rings is 1. The van der Waals surface area contributed by atoms with Crippen LogP contribution in [0.1, 0.15) is 42.4 Å². The molecule has 2 atom stereocenters. The van der Waals surface area contributed by atoms with Crippen LogP contribution in [-0.2, 0) is 12.7 Å². The molecule has 136 valence electrons. The number of fused-ring (bicyclic) bond motifs is 2. The van der Waals surface area contributed by atoms with Gasteiger partial charge in [0.15, 0.2) is 0 Å². The van der Waals surface area contributed by atoms with Gasteiger partial charge in [-0.25, -0.2) is 0 Å². The Kier molecular flexibility index (Phi) is 4.57. The van der Waals surface area contributed by atoms with Gasteiger partial charge in [0.1, 0.15) is 0 Å². The molecule has 0 radical (unpaired) electrons. The molecule has 0 amide bonds. The lowest BCUT2D eigenvalue weighted by molar-refractivity contribution is -0.137. The van der Waals surface area contributed by atoms with E-state index in [1.165, 1.54) is 18.1 Å². The lowest BCUT2D eigenvalue weighted by Crippen LogP contribution is -2.47. The number of hydrogen-bond acceptors (Lipinski definition) is 2. The number of piperidine rings is 1. The minimum Gasteiger partial charge on any atom is -0.289 e. The third kappa shape index (κ3) is 3.54. The fraction of sp³-hybridized carbons (Fsp3) is 0.381. The first-order chi connectivity index (χ1) is 12.5. The Morgan fingerprint density at radius 2 is 1.88 bits per heavy atom. The average Bonchev–Trinajstić information content (AvgIpc) is 2.62. The Morgan fingerprint density at radius 3 is 2.62 bits per heavy atom. The molecule has 2 bridgehead atoms. The zero-order valence-corrected chi connectivity index (χ0v) is 14.4. The van der Waals surface area contributed by atoms with Gasteiger partial charge in [-0.15, -0.1) is 0 Å². The van der Waals surface area contributed by atoms with Gasteiger partial charge in [-0.2, -0.15) is 13.2 Å². The molecule has 0 saturated carbocycles. The van der Waals surface area contributed by atoms with Crippen molar-refractivity contribution in [1.82, 2.24) is 9.88 Å². The number of alkyl halides is 3. The maximum atomic E-state index is 13.0. The molecule has 2 aliphatic heterocycles. The molecule has 0 N–H and O–H groups in total. The van der Waals surface area contributed by atoms with Crippen LogP contribution in [0.5, 0.6) is 0 Å². The quantitative estimate of drug-likeness (QED) is 0.739. The molecular weight excluding hydrogens is 337 g/mol. The van der Waals surface area contributed by atoms with E-state index in [1.54, 1.807) is 6.20 Å². The van der Waals surface area contributed by atoms with E-state index >= 15 is 0 Å². The largest absolute Gasteiger partial charge is 0.417 e. The molecule has 1 fully saturated rings. The standard InChI is InChI=1S/C21H21F3N2/c22-21(23,24)18-9-17(12-25-13-18)16-10-19-7-4-8-20(11-16)26(19)14-15-5-2-1-3-6-15/h1-3,5-6,9-10,12-13,19-20H,4,7-8,11,14H2.